The lowest BCUT2D eigenvalue weighted by Crippen LogP contribution is -2.36. The van der Waals surface area contributed by atoms with Crippen molar-refractivity contribution < 1.29 is 22.4 Å². The second-order valence-electron chi connectivity index (χ2n) is 9.04. The van der Waals surface area contributed by atoms with Gasteiger partial charge in [-0.2, -0.15) is 4.72 Å². The lowest BCUT2D eigenvalue weighted by Gasteiger charge is -2.19. The summed E-state index contributed by atoms with van der Waals surface area (Å²) >= 11 is 0. The summed E-state index contributed by atoms with van der Waals surface area (Å²) in [6.07, 6.45) is 2.09. The predicted molar refractivity (Wildman–Crippen MR) is 136 cm³/mol. The number of aryl methyl sites for hydroxylation is 3. The Bertz CT molecular complexity index is 1620. The monoisotopic (exact) mass is 503 g/mol. The summed E-state index contributed by atoms with van der Waals surface area (Å²) in [5.41, 5.74) is 3.49. The Balaban J connectivity index is 1.56. The summed E-state index contributed by atoms with van der Waals surface area (Å²) in [6.45, 7) is 3.66. The van der Waals surface area contributed by atoms with Gasteiger partial charge in [-0.1, -0.05) is 48.0 Å². The Morgan fingerprint density at radius 2 is 1.64 bits per heavy atom. The molecule has 0 radical (unpaired) electrons. The van der Waals surface area contributed by atoms with E-state index >= 15 is 0 Å². The zero-order valence-corrected chi connectivity index (χ0v) is 20.7. The van der Waals surface area contributed by atoms with Crippen LogP contribution in [0.1, 0.15) is 40.3 Å². The second-order valence-corrected chi connectivity index (χ2v) is 10.7. The standard InChI is InChI=1S/C28H25NO6S/c1-17-11-13-20(14-12-17)36(32,33)29-26(19-7-4-3-5-8-19)28(31)35-24-16-18(2)15-23-25(24)21-9-6-10-22(21)27(30)34-23/h3-5,7-8,11-16,26,29H,6,9-10H2,1-2H3/t26-/m1/s1. The zero-order valence-electron chi connectivity index (χ0n) is 19.9. The summed E-state index contributed by atoms with van der Waals surface area (Å²) in [5, 5.41) is 0.578. The molecule has 36 heavy (non-hydrogen) atoms. The van der Waals surface area contributed by atoms with E-state index in [-0.39, 0.29) is 16.3 Å². The zero-order chi connectivity index (χ0) is 25.4. The number of ether oxygens (including phenoxy) is 1. The number of rotatable bonds is 6. The molecule has 1 atom stereocenters. The van der Waals surface area contributed by atoms with Gasteiger partial charge in [0.25, 0.3) is 0 Å². The highest BCUT2D eigenvalue weighted by atomic mass is 32.2. The van der Waals surface area contributed by atoms with Gasteiger partial charge in [0, 0.05) is 5.56 Å². The van der Waals surface area contributed by atoms with Crippen LogP contribution in [-0.4, -0.2) is 14.4 Å². The lowest BCUT2D eigenvalue weighted by atomic mass is 10.0. The van der Waals surface area contributed by atoms with E-state index in [4.69, 9.17) is 9.15 Å². The summed E-state index contributed by atoms with van der Waals surface area (Å²) in [6, 6.07) is 17.1. The van der Waals surface area contributed by atoms with Crippen LogP contribution in [0.2, 0.25) is 0 Å². The van der Waals surface area contributed by atoms with E-state index in [0.29, 0.717) is 34.9 Å². The van der Waals surface area contributed by atoms with Crippen molar-refractivity contribution in [1.82, 2.24) is 4.72 Å². The molecule has 0 saturated heterocycles. The fourth-order valence-electron chi connectivity index (χ4n) is 4.59. The number of nitrogens with one attached hydrogen (secondary N) is 1. The predicted octanol–water partition coefficient (Wildman–Crippen LogP) is 4.52. The number of sulfonamides is 1. The van der Waals surface area contributed by atoms with Crippen LogP contribution in [0, 0.1) is 13.8 Å². The minimum atomic E-state index is -4.04. The minimum Gasteiger partial charge on any atom is -0.424 e. The number of carbonyl (C=O) groups excluding carboxylic acids is 1. The first-order chi connectivity index (χ1) is 17.2. The molecule has 0 fully saturated rings. The van der Waals surface area contributed by atoms with Crippen LogP contribution in [0.3, 0.4) is 0 Å². The molecule has 0 spiro atoms. The molecule has 5 rings (SSSR count). The van der Waals surface area contributed by atoms with Crippen molar-refractivity contribution in [2.45, 2.75) is 44.0 Å². The largest absolute Gasteiger partial charge is 0.424 e. The molecule has 7 nitrogen and oxygen atoms in total. The molecular formula is C28H25NO6S. The van der Waals surface area contributed by atoms with Crippen molar-refractivity contribution in [3.63, 3.8) is 0 Å². The maximum absolute atomic E-state index is 13.6. The molecule has 1 aromatic heterocycles. The maximum atomic E-state index is 13.6. The molecule has 1 heterocycles. The molecule has 0 unspecified atom stereocenters. The van der Waals surface area contributed by atoms with E-state index in [2.05, 4.69) is 4.72 Å². The Kier molecular flexibility index (Phi) is 6.24. The van der Waals surface area contributed by atoms with Gasteiger partial charge >= 0.3 is 11.6 Å². The smallest absolute Gasteiger partial charge is 0.339 e. The fourth-order valence-corrected chi connectivity index (χ4v) is 5.76. The van der Waals surface area contributed by atoms with Gasteiger partial charge in [-0.15, -0.1) is 0 Å². The van der Waals surface area contributed by atoms with Crippen LogP contribution in [-0.2, 0) is 27.7 Å². The van der Waals surface area contributed by atoms with Crippen LogP contribution in [0.4, 0.5) is 0 Å². The Morgan fingerprint density at radius 3 is 2.36 bits per heavy atom. The molecule has 0 saturated carbocycles. The summed E-state index contributed by atoms with van der Waals surface area (Å²) in [4.78, 5) is 26.0. The Morgan fingerprint density at radius 1 is 0.944 bits per heavy atom. The molecule has 0 amide bonds. The molecule has 8 heteroatoms. The topological polar surface area (TPSA) is 103 Å². The van der Waals surface area contributed by atoms with Gasteiger partial charge in [0.2, 0.25) is 10.0 Å². The van der Waals surface area contributed by atoms with E-state index in [1.165, 1.54) is 12.1 Å². The van der Waals surface area contributed by atoms with Gasteiger partial charge in [-0.25, -0.2) is 18.0 Å². The van der Waals surface area contributed by atoms with E-state index in [1.807, 2.05) is 6.92 Å². The van der Waals surface area contributed by atoms with E-state index in [9.17, 15) is 18.0 Å². The van der Waals surface area contributed by atoms with E-state index < -0.39 is 22.0 Å². The van der Waals surface area contributed by atoms with Crippen LogP contribution in [0.15, 0.2) is 80.8 Å². The van der Waals surface area contributed by atoms with Gasteiger partial charge in [-0.05, 0) is 74.1 Å². The Hall–Kier alpha value is -3.75. The van der Waals surface area contributed by atoms with Crippen molar-refractivity contribution in [3.05, 3.63) is 105 Å². The van der Waals surface area contributed by atoms with Gasteiger partial charge in [0.1, 0.15) is 17.4 Å². The average molecular weight is 504 g/mol. The van der Waals surface area contributed by atoms with Crippen LogP contribution < -0.4 is 15.1 Å². The van der Waals surface area contributed by atoms with Gasteiger partial charge in [0.05, 0.1) is 10.3 Å². The average Bonchev–Trinajstić information content (AvgIpc) is 3.33. The summed E-state index contributed by atoms with van der Waals surface area (Å²) in [5.74, 6) is -0.547. The third kappa shape index (κ3) is 4.57. The first-order valence-electron chi connectivity index (χ1n) is 11.7. The third-order valence-electron chi connectivity index (χ3n) is 6.36. The first kappa shape index (κ1) is 24.0. The van der Waals surface area contributed by atoms with Crippen molar-refractivity contribution in [2.75, 3.05) is 0 Å². The Labute approximate surface area is 208 Å². The lowest BCUT2D eigenvalue weighted by molar-refractivity contribution is -0.136. The summed E-state index contributed by atoms with van der Waals surface area (Å²) in [7, 11) is -4.04. The minimum absolute atomic E-state index is 0.0439. The van der Waals surface area contributed by atoms with Crippen molar-refractivity contribution in [1.29, 1.82) is 0 Å². The second kappa shape index (κ2) is 9.37. The molecule has 3 aromatic carbocycles. The molecule has 1 N–H and O–H groups in total. The number of benzene rings is 3. The molecule has 184 valence electrons. The van der Waals surface area contributed by atoms with E-state index in [1.54, 1.807) is 61.5 Å². The maximum Gasteiger partial charge on any atom is 0.339 e. The SMILES string of the molecule is Cc1ccc(S(=O)(=O)N[C@@H](C(=O)Oc2cc(C)cc3oc(=O)c4c(c23)CCC4)c2ccccc2)cc1. The fraction of sp³-hybridized carbons (Fsp3) is 0.214. The molecule has 1 aliphatic carbocycles. The van der Waals surface area contributed by atoms with Crippen molar-refractivity contribution >= 4 is 27.0 Å². The van der Waals surface area contributed by atoms with Gasteiger partial charge < -0.3 is 9.15 Å². The van der Waals surface area contributed by atoms with Gasteiger partial charge in [0.15, 0.2) is 0 Å². The summed E-state index contributed by atoms with van der Waals surface area (Å²) < 4.78 is 40.3. The van der Waals surface area contributed by atoms with Crippen molar-refractivity contribution in [2.24, 2.45) is 0 Å². The highest BCUT2D eigenvalue weighted by Gasteiger charge is 2.30. The third-order valence-corrected chi connectivity index (χ3v) is 7.80. The number of esters is 1. The number of hydrogen-bond acceptors (Lipinski definition) is 6. The van der Waals surface area contributed by atoms with Crippen LogP contribution in [0.5, 0.6) is 5.75 Å². The molecule has 0 aliphatic heterocycles. The molecule has 0 bridgehead atoms. The van der Waals surface area contributed by atoms with Gasteiger partial charge in [-0.3, -0.25) is 0 Å². The quantitative estimate of drug-likeness (QED) is 0.236. The van der Waals surface area contributed by atoms with Crippen molar-refractivity contribution in [3.8, 4) is 5.75 Å². The highest BCUT2D eigenvalue weighted by molar-refractivity contribution is 7.89. The molecular weight excluding hydrogens is 478 g/mol. The number of carbonyl (C=O) groups is 1. The highest BCUT2D eigenvalue weighted by Crippen LogP contribution is 2.36. The van der Waals surface area contributed by atoms with Crippen LogP contribution in [0.25, 0.3) is 11.0 Å². The number of fused-ring (bicyclic) bond motifs is 3. The molecule has 4 aromatic rings. The van der Waals surface area contributed by atoms with Crippen LogP contribution >= 0.6 is 0 Å². The normalized spacial score (nSPS) is 13.9. The molecule has 1 aliphatic rings. The number of hydrogen-bond donors (Lipinski definition) is 1. The first-order valence-corrected chi connectivity index (χ1v) is 13.2. The van der Waals surface area contributed by atoms with E-state index in [0.717, 1.165) is 23.1 Å².